The van der Waals surface area contributed by atoms with Gasteiger partial charge in [-0.2, -0.15) is 0 Å². The summed E-state index contributed by atoms with van der Waals surface area (Å²) in [6, 6.07) is 3.32. The second-order valence-electron chi connectivity index (χ2n) is 5.83. The monoisotopic (exact) mass is 347 g/mol. The molecule has 0 aromatic carbocycles. The van der Waals surface area contributed by atoms with Crippen molar-refractivity contribution in [3.8, 4) is 0 Å². The third-order valence-corrected chi connectivity index (χ3v) is 4.16. The van der Waals surface area contributed by atoms with Gasteiger partial charge in [0.25, 0.3) is 0 Å². The molecule has 1 aliphatic heterocycles. The van der Waals surface area contributed by atoms with Crippen LogP contribution in [0.2, 0.25) is 5.02 Å². The molecule has 0 unspecified atom stereocenters. The Hall–Kier alpha value is -2.09. The van der Waals surface area contributed by atoms with Gasteiger partial charge in [-0.25, -0.2) is 4.98 Å². The quantitative estimate of drug-likeness (QED) is 0.838. The fraction of sp³-hybridized carbons (Fsp3) is 0.375. The molecule has 0 radical (unpaired) electrons. The fourth-order valence-electron chi connectivity index (χ4n) is 2.81. The zero-order chi connectivity index (χ0) is 16.9. The van der Waals surface area contributed by atoms with Gasteiger partial charge in [-0.3, -0.25) is 19.7 Å². The van der Waals surface area contributed by atoms with E-state index in [1.807, 2.05) is 4.90 Å². The summed E-state index contributed by atoms with van der Waals surface area (Å²) in [5.74, 6) is 0.334. The number of hydrogen-bond acceptors (Lipinski definition) is 6. The number of carbonyl (C=O) groups is 1. The van der Waals surface area contributed by atoms with Gasteiger partial charge in [0.1, 0.15) is 5.82 Å². The summed E-state index contributed by atoms with van der Waals surface area (Å²) in [6.07, 6.45) is 6.61. The van der Waals surface area contributed by atoms with Crippen LogP contribution in [0.1, 0.15) is 5.69 Å². The Balaban J connectivity index is 1.51. The Morgan fingerprint density at radius 2 is 2.17 bits per heavy atom. The molecule has 0 spiro atoms. The third-order valence-electron chi connectivity index (χ3n) is 3.93. The number of β-amino-alcohol motifs (C(OH)–C–C–N with tert-alkyl or cyclic N) is 1. The maximum Gasteiger partial charge on any atom is 0.239 e. The summed E-state index contributed by atoms with van der Waals surface area (Å²) in [4.78, 5) is 26.3. The second-order valence-corrected chi connectivity index (χ2v) is 6.27. The number of likely N-dealkylation sites (tertiary alicyclic amines) is 1. The van der Waals surface area contributed by atoms with Gasteiger partial charge in [-0.15, -0.1) is 0 Å². The summed E-state index contributed by atoms with van der Waals surface area (Å²) in [7, 11) is 0. The number of aromatic nitrogens is 3. The molecule has 2 N–H and O–H groups in total. The Bertz CT molecular complexity index is 683. The van der Waals surface area contributed by atoms with Crippen molar-refractivity contribution in [2.24, 2.45) is 5.92 Å². The smallest absolute Gasteiger partial charge is 0.239 e. The number of pyridine rings is 1. The van der Waals surface area contributed by atoms with Crippen LogP contribution in [0.5, 0.6) is 0 Å². The lowest BCUT2D eigenvalue weighted by atomic mass is 10.0. The van der Waals surface area contributed by atoms with E-state index in [4.69, 9.17) is 11.6 Å². The van der Waals surface area contributed by atoms with Gasteiger partial charge in [0, 0.05) is 43.8 Å². The van der Waals surface area contributed by atoms with Crippen molar-refractivity contribution < 1.29 is 9.90 Å². The molecule has 126 valence electrons. The predicted molar refractivity (Wildman–Crippen MR) is 89.5 cm³/mol. The first-order valence-corrected chi connectivity index (χ1v) is 8.04. The van der Waals surface area contributed by atoms with Crippen molar-refractivity contribution in [2.45, 2.75) is 12.5 Å². The fourth-order valence-corrected chi connectivity index (χ4v) is 2.92. The maximum atomic E-state index is 12.1. The highest BCUT2D eigenvalue weighted by molar-refractivity contribution is 6.30. The number of halogens is 1. The van der Waals surface area contributed by atoms with Gasteiger partial charge < -0.3 is 10.4 Å². The van der Waals surface area contributed by atoms with Crippen molar-refractivity contribution in [3.05, 3.63) is 47.6 Å². The highest BCUT2D eigenvalue weighted by Gasteiger charge is 2.32. The lowest BCUT2D eigenvalue weighted by molar-refractivity contribution is -0.117. The van der Waals surface area contributed by atoms with E-state index in [0.717, 1.165) is 5.69 Å². The van der Waals surface area contributed by atoms with E-state index in [1.165, 1.54) is 6.20 Å². The molecular formula is C16H18ClN5O2. The predicted octanol–water partition coefficient (Wildman–Crippen LogP) is 0.999. The molecule has 1 saturated heterocycles. The van der Waals surface area contributed by atoms with Crippen LogP contribution in [-0.4, -0.2) is 56.6 Å². The van der Waals surface area contributed by atoms with Crippen LogP contribution in [0.25, 0.3) is 0 Å². The summed E-state index contributed by atoms with van der Waals surface area (Å²) < 4.78 is 0. The van der Waals surface area contributed by atoms with Gasteiger partial charge in [-0.05, 0) is 18.6 Å². The molecule has 0 aliphatic carbocycles. The molecule has 0 saturated carbocycles. The minimum absolute atomic E-state index is 0.0446. The number of anilines is 1. The van der Waals surface area contributed by atoms with Gasteiger partial charge in [0.15, 0.2) is 0 Å². The number of amides is 1. The highest BCUT2D eigenvalue weighted by Crippen LogP contribution is 2.20. The number of aliphatic hydroxyl groups excluding tert-OH is 1. The maximum absolute atomic E-state index is 12.1. The van der Waals surface area contributed by atoms with Crippen LogP contribution in [-0.2, 0) is 11.2 Å². The Labute approximate surface area is 144 Å². The number of rotatable bonds is 5. The van der Waals surface area contributed by atoms with Crippen molar-refractivity contribution in [1.29, 1.82) is 0 Å². The Morgan fingerprint density at radius 1 is 1.29 bits per heavy atom. The molecule has 2 aromatic heterocycles. The molecule has 2 aromatic rings. The van der Waals surface area contributed by atoms with E-state index >= 15 is 0 Å². The van der Waals surface area contributed by atoms with Crippen LogP contribution >= 0.6 is 11.6 Å². The molecule has 3 heterocycles. The standard InChI is InChI=1S/C16H18ClN5O2/c17-12-1-2-15(20-6-12)21-16(24)10-22-8-11(14(23)9-22)5-13-7-18-3-4-19-13/h1-4,6-7,11,14,23H,5,8-10H2,(H,20,21,24)/t11-,14-/m1/s1. The van der Waals surface area contributed by atoms with Crippen LogP contribution in [0, 0.1) is 5.92 Å². The first-order chi connectivity index (χ1) is 11.6. The normalized spacial score (nSPS) is 20.9. The molecule has 1 aliphatic rings. The van der Waals surface area contributed by atoms with Crippen molar-refractivity contribution in [1.82, 2.24) is 19.9 Å². The van der Waals surface area contributed by atoms with Gasteiger partial charge in [-0.1, -0.05) is 11.6 Å². The molecule has 1 fully saturated rings. The van der Waals surface area contributed by atoms with Gasteiger partial charge >= 0.3 is 0 Å². The minimum atomic E-state index is -0.478. The van der Waals surface area contributed by atoms with E-state index < -0.39 is 6.10 Å². The number of nitrogens with one attached hydrogen (secondary N) is 1. The second kappa shape index (κ2) is 7.65. The first-order valence-electron chi connectivity index (χ1n) is 7.67. The number of nitrogens with zero attached hydrogens (tertiary/aromatic N) is 4. The number of hydrogen-bond donors (Lipinski definition) is 2. The summed E-state index contributed by atoms with van der Waals surface area (Å²) >= 11 is 5.76. The number of carbonyl (C=O) groups excluding carboxylic acids is 1. The molecular weight excluding hydrogens is 330 g/mol. The average molecular weight is 348 g/mol. The summed E-state index contributed by atoms with van der Waals surface area (Å²) in [6.45, 7) is 1.31. The third kappa shape index (κ3) is 4.47. The topological polar surface area (TPSA) is 91.2 Å². The zero-order valence-electron chi connectivity index (χ0n) is 13.0. The van der Waals surface area contributed by atoms with Gasteiger partial charge in [0.05, 0.1) is 23.4 Å². The molecule has 8 heteroatoms. The number of aliphatic hydroxyl groups is 1. The molecule has 0 bridgehead atoms. The molecule has 7 nitrogen and oxygen atoms in total. The molecule has 3 rings (SSSR count). The lowest BCUT2D eigenvalue weighted by Gasteiger charge is -2.15. The largest absolute Gasteiger partial charge is 0.391 e. The molecule has 24 heavy (non-hydrogen) atoms. The van der Waals surface area contributed by atoms with E-state index in [0.29, 0.717) is 30.4 Å². The van der Waals surface area contributed by atoms with Crippen LogP contribution in [0.15, 0.2) is 36.9 Å². The van der Waals surface area contributed by atoms with Crippen molar-refractivity contribution in [3.63, 3.8) is 0 Å². The highest BCUT2D eigenvalue weighted by atomic mass is 35.5. The van der Waals surface area contributed by atoms with E-state index in [2.05, 4.69) is 20.3 Å². The average Bonchev–Trinajstić information content (AvgIpc) is 2.90. The van der Waals surface area contributed by atoms with Crippen LogP contribution in [0.3, 0.4) is 0 Å². The Kier molecular flexibility index (Phi) is 5.34. The van der Waals surface area contributed by atoms with E-state index in [-0.39, 0.29) is 18.4 Å². The van der Waals surface area contributed by atoms with Crippen LogP contribution < -0.4 is 5.32 Å². The van der Waals surface area contributed by atoms with Crippen molar-refractivity contribution >= 4 is 23.3 Å². The summed E-state index contributed by atoms with van der Waals surface area (Å²) in [5.41, 5.74) is 0.846. The van der Waals surface area contributed by atoms with Gasteiger partial charge in [0.2, 0.25) is 5.91 Å². The molecule has 1 amide bonds. The van der Waals surface area contributed by atoms with Crippen LogP contribution in [0.4, 0.5) is 5.82 Å². The van der Waals surface area contributed by atoms with E-state index in [9.17, 15) is 9.90 Å². The Morgan fingerprint density at radius 3 is 2.88 bits per heavy atom. The first kappa shape index (κ1) is 16.8. The lowest BCUT2D eigenvalue weighted by Crippen LogP contribution is -2.32. The van der Waals surface area contributed by atoms with E-state index in [1.54, 1.807) is 30.7 Å². The minimum Gasteiger partial charge on any atom is -0.391 e. The molecule has 2 atom stereocenters. The summed E-state index contributed by atoms with van der Waals surface area (Å²) in [5, 5.41) is 13.4. The van der Waals surface area contributed by atoms with Crippen molar-refractivity contribution in [2.75, 3.05) is 25.0 Å². The SMILES string of the molecule is O=C(CN1C[C@@H](Cc2cnccn2)[C@H](O)C1)Nc1ccc(Cl)cn1. The zero-order valence-corrected chi connectivity index (χ0v) is 13.7.